The molecule has 120 valence electrons. The predicted octanol–water partition coefficient (Wildman–Crippen LogP) is 3.88. The summed E-state index contributed by atoms with van der Waals surface area (Å²) in [5.41, 5.74) is 0.449. The Kier molecular flexibility index (Phi) is 5.42. The lowest BCUT2D eigenvalue weighted by Gasteiger charge is -2.21. The van der Waals surface area contributed by atoms with Gasteiger partial charge in [-0.15, -0.1) is 0 Å². The Balaban J connectivity index is 3.03. The minimum Gasteiger partial charge on any atom is -0.370 e. The van der Waals surface area contributed by atoms with Gasteiger partial charge in [0.25, 0.3) is 0 Å². The van der Waals surface area contributed by atoms with Crippen molar-refractivity contribution in [2.75, 3.05) is 23.7 Å². The zero-order valence-corrected chi connectivity index (χ0v) is 13.1. The second-order valence-corrected chi connectivity index (χ2v) is 5.94. The van der Waals surface area contributed by atoms with Gasteiger partial charge in [-0.25, -0.2) is 9.97 Å². The van der Waals surface area contributed by atoms with Crippen LogP contribution in [0.25, 0.3) is 0 Å². The van der Waals surface area contributed by atoms with Crippen LogP contribution in [-0.4, -0.2) is 29.2 Å². The number of halogens is 3. The molecule has 0 unspecified atom stereocenters. The summed E-state index contributed by atoms with van der Waals surface area (Å²) >= 11 is 0. The summed E-state index contributed by atoms with van der Waals surface area (Å²) in [6.45, 7) is 10.1. The first kappa shape index (κ1) is 17.5. The van der Waals surface area contributed by atoms with E-state index in [-0.39, 0.29) is 12.0 Å². The lowest BCUT2D eigenvalue weighted by Crippen LogP contribution is -2.21. The van der Waals surface area contributed by atoms with Crippen molar-refractivity contribution in [3.8, 4) is 0 Å². The van der Waals surface area contributed by atoms with Crippen molar-refractivity contribution >= 4 is 11.6 Å². The fraction of sp³-hybridized carbons (Fsp3) is 0.714. The number of nitrogens with one attached hydrogen (secondary N) is 2. The van der Waals surface area contributed by atoms with Gasteiger partial charge in [-0.2, -0.15) is 13.2 Å². The molecule has 0 fully saturated rings. The van der Waals surface area contributed by atoms with E-state index in [0.717, 1.165) is 5.56 Å². The number of nitrogens with zero attached hydrogens (tertiary/aromatic N) is 2. The fourth-order valence-electron chi connectivity index (χ4n) is 1.69. The number of alkyl halides is 3. The molecule has 1 heterocycles. The molecule has 0 bridgehead atoms. The fourth-order valence-corrected chi connectivity index (χ4v) is 1.69. The van der Waals surface area contributed by atoms with E-state index in [1.165, 1.54) is 0 Å². The van der Waals surface area contributed by atoms with E-state index in [1.54, 1.807) is 6.92 Å². The Hall–Kier alpha value is -1.53. The Bertz CT molecular complexity index is 478. The molecule has 0 aliphatic carbocycles. The highest BCUT2D eigenvalue weighted by atomic mass is 19.4. The number of anilines is 2. The van der Waals surface area contributed by atoms with E-state index < -0.39 is 12.6 Å². The normalized spacial score (nSPS) is 12.4. The van der Waals surface area contributed by atoms with E-state index in [0.29, 0.717) is 24.0 Å². The molecule has 4 nitrogen and oxygen atoms in total. The smallest absolute Gasteiger partial charge is 0.370 e. The molecule has 1 rings (SSSR count). The van der Waals surface area contributed by atoms with E-state index in [4.69, 9.17) is 0 Å². The molecule has 1 aromatic rings. The van der Waals surface area contributed by atoms with Crippen molar-refractivity contribution in [1.29, 1.82) is 0 Å². The molecule has 1 aromatic heterocycles. The van der Waals surface area contributed by atoms with E-state index >= 15 is 0 Å². The van der Waals surface area contributed by atoms with Crippen LogP contribution in [0, 0.1) is 6.92 Å². The van der Waals surface area contributed by atoms with Gasteiger partial charge >= 0.3 is 6.18 Å². The lowest BCUT2D eigenvalue weighted by molar-refractivity contribution is -0.131. The van der Waals surface area contributed by atoms with Gasteiger partial charge in [0.2, 0.25) is 0 Å². The first-order valence-corrected chi connectivity index (χ1v) is 6.98. The van der Waals surface area contributed by atoms with E-state index in [9.17, 15) is 13.2 Å². The van der Waals surface area contributed by atoms with Gasteiger partial charge in [0.1, 0.15) is 17.5 Å². The molecule has 0 atom stereocenters. The molecule has 0 aliphatic heterocycles. The highest BCUT2D eigenvalue weighted by molar-refractivity contribution is 5.57. The van der Waals surface area contributed by atoms with Gasteiger partial charge < -0.3 is 10.6 Å². The van der Waals surface area contributed by atoms with Crippen LogP contribution in [0.15, 0.2) is 0 Å². The molecule has 0 saturated carbocycles. The quantitative estimate of drug-likeness (QED) is 0.867. The van der Waals surface area contributed by atoms with Crippen LogP contribution in [0.2, 0.25) is 0 Å². The maximum Gasteiger partial charge on any atom is 0.390 e. The van der Waals surface area contributed by atoms with Crippen LogP contribution in [0.4, 0.5) is 24.8 Å². The number of hydrogen-bond donors (Lipinski definition) is 2. The largest absolute Gasteiger partial charge is 0.390 e. The van der Waals surface area contributed by atoms with Crippen LogP contribution in [0.5, 0.6) is 0 Å². The molecule has 0 saturated heterocycles. The molecule has 7 heteroatoms. The van der Waals surface area contributed by atoms with Gasteiger partial charge in [0, 0.05) is 24.1 Å². The van der Waals surface area contributed by atoms with Crippen molar-refractivity contribution in [1.82, 2.24) is 9.97 Å². The van der Waals surface area contributed by atoms with Crippen molar-refractivity contribution in [2.24, 2.45) is 0 Å². The first-order chi connectivity index (χ1) is 9.54. The monoisotopic (exact) mass is 304 g/mol. The summed E-state index contributed by atoms with van der Waals surface area (Å²) in [5, 5.41) is 5.89. The topological polar surface area (TPSA) is 49.8 Å². The highest BCUT2D eigenvalue weighted by Crippen LogP contribution is 2.27. The van der Waals surface area contributed by atoms with Crippen LogP contribution in [0.3, 0.4) is 0 Å². The lowest BCUT2D eigenvalue weighted by atomic mass is 9.95. The van der Waals surface area contributed by atoms with E-state index in [2.05, 4.69) is 20.6 Å². The van der Waals surface area contributed by atoms with E-state index in [1.807, 2.05) is 27.7 Å². The molecule has 0 aromatic carbocycles. The third-order valence-corrected chi connectivity index (χ3v) is 2.86. The zero-order chi connectivity index (χ0) is 16.3. The average molecular weight is 304 g/mol. The van der Waals surface area contributed by atoms with Gasteiger partial charge in [0.05, 0.1) is 6.42 Å². The van der Waals surface area contributed by atoms with Crippen LogP contribution >= 0.6 is 0 Å². The molecule has 0 amide bonds. The number of rotatable bonds is 5. The molecule has 0 radical (unpaired) electrons. The van der Waals surface area contributed by atoms with Gasteiger partial charge in [-0.1, -0.05) is 20.8 Å². The summed E-state index contributed by atoms with van der Waals surface area (Å²) in [6, 6.07) is 0. The predicted molar refractivity (Wildman–Crippen MR) is 78.8 cm³/mol. The molecular formula is C14H23F3N4. The summed E-state index contributed by atoms with van der Waals surface area (Å²) in [6.07, 6.45) is -5.07. The van der Waals surface area contributed by atoms with Crippen LogP contribution in [0.1, 0.15) is 45.5 Å². The summed E-state index contributed by atoms with van der Waals surface area (Å²) in [7, 11) is 0. The van der Waals surface area contributed by atoms with Crippen molar-refractivity contribution < 1.29 is 13.2 Å². The van der Waals surface area contributed by atoms with Gasteiger partial charge in [-0.05, 0) is 13.8 Å². The third kappa shape index (κ3) is 5.40. The maximum atomic E-state index is 12.2. The minimum atomic E-state index is -4.18. The summed E-state index contributed by atoms with van der Waals surface area (Å²) in [5.74, 6) is 1.71. The van der Waals surface area contributed by atoms with Gasteiger partial charge in [0.15, 0.2) is 0 Å². The maximum absolute atomic E-state index is 12.2. The summed E-state index contributed by atoms with van der Waals surface area (Å²) in [4.78, 5) is 8.84. The Labute approximate surface area is 123 Å². The second-order valence-electron chi connectivity index (χ2n) is 5.94. The highest BCUT2D eigenvalue weighted by Gasteiger charge is 2.27. The Morgan fingerprint density at radius 3 is 1.95 bits per heavy atom. The first-order valence-electron chi connectivity index (χ1n) is 6.98. The Morgan fingerprint density at radius 1 is 1.00 bits per heavy atom. The molecule has 0 spiro atoms. The summed E-state index contributed by atoms with van der Waals surface area (Å²) < 4.78 is 36.7. The average Bonchev–Trinajstić information content (AvgIpc) is 2.31. The molecule has 2 N–H and O–H groups in total. The molecule has 21 heavy (non-hydrogen) atoms. The van der Waals surface area contributed by atoms with Crippen molar-refractivity contribution in [3.05, 3.63) is 11.4 Å². The third-order valence-electron chi connectivity index (χ3n) is 2.86. The van der Waals surface area contributed by atoms with Gasteiger partial charge in [-0.3, -0.25) is 0 Å². The SMILES string of the molecule is CCNc1nc(C(C)(C)C)nc(NCCC(F)(F)F)c1C. The van der Waals surface area contributed by atoms with Crippen LogP contribution < -0.4 is 10.6 Å². The minimum absolute atomic E-state index is 0.198. The molecule has 0 aliphatic rings. The zero-order valence-electron chi connectivity index (χ0n) is 13.1. The Morgan fingerprint density at radius 2 is 1.52 bits per heavy atom. The number of aromatic nitrogens is 2. The standard InChI is InChI=1S/C14H23F3N4/c1-6-18-10-9(2)11(19-8-7-14(15,16)17)21-12(20-10)13(3,4)5/h6-8H2,1-5H3,(H2,18,19,20,21). The second kappa shape index (κ2) is 6.49. The number of hydrogen-bond acceptors (Lipinski definition) is 4. The van der Waals surface area contributed by atoms with Crippen LogP contribution in [-0.2, 0) is 5.41 Å². The van der Waals surface area contributed by atoms with Crippen molar-refractivity contribution in [3.63, 3.8) is 0 Å². The van der Waals surface area contributed by atoms with Crippen molar-refractivity contribution in [2.45, 2.75) is 52.6 Å². The molecular weight excluding hydrogens is 281 g/mol.